The van der Waals surface area contributed by atoms with Gasteiger partial charge in [0.25, 0.3) is 0 Å². The topological polar surface area (TPSA) is 55.8 Å². The highest BCUT2D eigenvalue weighted by molar-refractivity contribution is 5.70. The highest BCUT2D eigenvalue weighted by Crippen LogP contribution is 2.37. The predicted octanol–water partition coefficient (Wildman–Crippen LogP) is 2.74. The average molecular weight is 282 g/mol. The van der Waals surface area contributed by atoms with Crippen LogP contribution in [0.25, 0.3) is 0 Å². The molecule has 0 spiro atoms. The van der Waals surface area contributed by atoms with Crippen LogP contribution in [-0.2, 0) is 14.3 Å². The molecule has 1 fully saturated rings. The van der Waals surface area contributed by atoms with E-state index in [9.17, 15) is 9.90 Å². The van der Waals surface area contributed by atoms with Crippen molar-refractivity contribution in [1.82, 2.24) is 0 Å². The lowest BCUT2D eigenvalue weighted by atomic mass is 9.86. The number of aliphatic hydroxyl groups is 1. The van der Waals surface area contributed by atoms with Gasteiger partial charge in [-0.25, -0.2) is 0 Å². The lowest BCUT2D eigenvalue weighted by molar-refractivity contribution is -0.162. The Morgan fingerprint density at radius 3 is 3.00 bits per heavy atom. The molecule has 1 heterocycles. The second-order valence-corrected chi connectivity index (χ2v) is 5.86. The number of ether oxygens (including phenoxy) is 2. The summed E-state index contributed by atoms with van der Waals surface area (Å²) in [4.78, 5) is 12.0. The van der Waals surface area contributed by atoms with Crippen molar-refractivity contribution in [2.45, 2.75) is 76.1 Å². The molecule has 0 aromatic carbocycles. The van der Waals surface area contributed by atoms with E-state index in [0.717, 1.165) is 12.8 Å². The van der Waals surface area contributed by atoms with Crippen molar-refractivity contribution >= 4 is 5.97 Å². The van der Waals surface area contributed by atoms with Gasteiger partial charge in [-0.05, 0) is 12.5 Å². The molecule has 0 saturated carbocycles. The third kappa shape index (κ3) is 3.83. The molecule has 20 heavy (non-hydrogen) atoms. The zero-order chi connectivity index (χ0) is 14.4. The van der Waals surface area contributed by atoms with Crippen LogP contribution in [0.1, 0.15) is 58.3 Å². The highest BCUT2D eigenvalue weighted by atomic mass is 16.6. The molecule has 1 N–H and O–H groups in total. The average Bonchev–Trinajstić information content (AvgIpc) is 2.81. The summed E-state index contributed by atoms with van der Waals surface area (Å²) in [7, 11) is 0. The van der Waals surface area contributed by atoms with Crippen LogP contribution < -0.4 is 0 Å². The van der Waals surface area contributed by atoms with Gasteiger partial charge in [-0.2, -0.15) is 0 Å². The molecule has 2 rings (SSSR count). The van der Waals surface area contributed by atoms with Crippen LogP contribution in [0.3, 0.4) is 0 Å². The summed E-state index contributed by atoms with van der Waals surface area (Å²) in [5.41, 5.74) is -0.625. The number of carbonyl (C=O) groups excluding carboxylic acids is 1. The molecule has 0 bridgehead atoms. The molecule has 0 amide bonds. The summed E-state index contributed by atoms with van der Waals surface area (Å²) in [6.45, 7) is 2.77. The third-order valence-corrected chi connectivity index (χ3v) is 4.20. The van der Waals surface area contributed by atoms with Gasteiger partial charge in [-0.15, -0.1) is 0 Å². The van der Waals surface area contributed by atoms with Gasteiger partial charge in [0.2, 0.25) is 0 Å². The second kappa shape index (κ2) is 7.23. The molecule has 1 saturated heterocycles. The number of esters is 1. The smallest absolute Gasteiger partial charge is 0.306 e. The zero-order valence-electron chi connectivity index (χ0n) is 12.3. The van der Waals surface area contributed by atoms with Crippen molar-refractivity contribution in [2.24, 2.45) is 0 Å². The Balaban J connectivity index is 1.79. The summed E-state index contributed by atoms with van der Waals surface area (Å²) in [6, 6.07) is 0. The maximum absolute atomic E-state index is 12.0. The van der Waals surface area contributed by atoms with Gasteiger partial charge in [0.1, 0.15) is 6.10 Å². The number of fused-ring (bicyclic) bond motifs is 1. The molecule has 0 aromatic heterocycles. The number of carbonyl (C=O) groups is 1. The minimum Gasteiger partial charge on any atom is -0.452 e. The van der Waals surface area contributed by atoms with Crippen LogP contribution in [0.5, 0.6) is 0 Å². The predicted molar refractivity (Wildman–Crippen MR) is 76.3 cm³/mol. The third-order valence-electron chi connectivity index (χ3n) is 4.20. The molecule has 114 valence electrons. The van der Waals surface area contributed by atoms with Crippen molar-refractivity contribution in [3.8, 4) is 0 Å². The first kappa shape index (κ1) is 15.5. The number of hydrogen-bond donors (Lipinski definition) is 1. The Morgan fingerprint density at radius 1 is 1.40 bits per heavy atom. The second-order valence-electron chi connectivity index (χ2n) is 5.86. The Hall–Kier alpha value is -0.870. The van der Waals surface area contributed by atoms with Gasteiger partial charge in [0.05, 0.1) is 12.7 Å². The van der Waals surface area contributed by atoms with Crippen LogP contribution >= 0.6 is 0 Å². The van der Waals surface area contributed by atoms with Crippen LogP contribution in [0.15, 0.2) is 12.2 Å². The van der Waals surface area contributed by atoms with Crippen molar-refractivity contribution in [3.05, 3.63) is 12.2 Å². The highest BCUT2D eigenvalue weighted by Gasteiger charge is 2.48. The molecule has 2 aliphatic rings. The van der Waals surface area contributed by atoms with Crippen LogP contribution in [0, 0.1) is 0 Å². The summed E-state index contributed by atoms with van der Waals surface area (Å²) in [5, 5.41) is 9.62. The van der Waals surface area contributed by atoms with Crippen molar-refractivity contribution < 1.29 is 19.4 Å². The Labute approximate surface area is 121 Å². The molecule has 4 nitrogen and oxygen atoms in total. The van der Waals surface area contributed by atoms with Gasteiger partial charge in [-0.3, -0.25) is 4.79 Å². The quantitative estimate of drug-likeness (QED) is 0.443. The van der Waals surface area contributed by atoms with E-state index in [4.69, 9.17) is 9.47 Å². The number of aliphatic hydroxyl groups excluding tert-OH is 1. The number of hydrogen-bond acceptors (Lipinski definition) is 4. The first-order chi connectivity index (χ1) is 9.66. The molecule has 0 radical (unpaired) electrons. The van der Waals surface area contributed by atoms with E-state index in [-0.39, 0.29) is 12.1 Å². The molecule has 3 atom stereocenters. The first-order valence-corrected chi connectivity index (χ1v) is 7.87. The fourth-order valence-electron chi connectivity index (χ4n) is 2.98. The van der Waals surface area contributed by atoms with E-state index in [0.29, 0.717) is 25.9 Å². The first-order valence-electron chi connectivity index (χ1n) is 7.87. The molecule has 0 aromatic rings. The maximum Gasteiger partial charge on any atom is 0.306 e. The Morgan fingerprint density at radius 2 is 2.20 bits per heavy atom. The van der Waals surface area contributed by atoms with E-state index < -0.39 is 11.7 Å². The zero-order valence-corrected chi connectivity index (χ0v) is 12.3. The summed E-state index contributed by atoms with van der Waals surface area (Å²) >= 11 is 0. The fourth-order valence-corrected chi connectivity index (χ4v) is 2.98. The number of rotatable bonds is 7. The standard InChI is InChI=1S/C16H26O4/c1-2-3-4-5-6-7-15(18)20-16-9-8-13(17)12-14(16)19-11-10-16/h8-9,13-14,17H,2-7,10-12H2,1H3. The summed E-state index contributed by atoms with van der Waals surface area (Å²) in [5.74, 6) is -0.141. The maximum atomic E-state index is 12.0. The van der Waals surface area contributed by atoms with Crippen molar-refractivity contribution in [1.29, 1.82) is 0 Å². The van der Waals surface area contributed by atoms with E-state index in [2.05, 4.69) is 6.92 Å². The normalized spacial score (nSPS) is 32.1. The van der Waals surface area contributed by atoms with Crippen LogP contribution in [-0.4, -0.2) is 35.5 Å². The minimum absolute atomic E-state index is 0.141. The van der Waals surface area contributed by atoms with E-state index in [1.165, 1.54) is 19.3 Å². The molecule has 1 aliphatic carbocycles. The van der Waals surface area contributed by atoms with E-state index >= 15 is 0 Å². The van der Waals surface area contributed by atoms with Crippen LogP contribution in [0.4, 0.5) is 0 Å². The monoisotopic (exact) mass is 282 g/mol. The molecule has 4 heteroatoms. The minimum atomic E-state index is -0.625. The lowest BCUT2D eigenvalue weighted by Crippen LogP contribution is -2.45. The van der Waals surface area contributed by atoms with Crippen molar-refractivity contribution in [2.75, 3.05) is 6.61 Å². The van der Waals surface area contributed by atoms with Gasteiger partial charge in [0, 0.05) is 19.3 Å². The Bertz CT molecular complexity index is 352. The summed E-state index contributed by atoms with van der Waals surface area (Å²) in [6.07, 6.45) is 10.2. The van der Waals surface area contributed by atoms with E-state index in [1.54, 1.807) is 6.08 Å². The lowest BCUT2D eigenvalue weighted by Gasteiger charge is -2.34. The van der Waals surface area contributed by atoms with Gasteiger partial charge in [-0.1, -0.05) is 38.7 Å². The molecule has 3 unspecified atom stereocenters. The molecular formula is C16H26O4. The fraction of sp³-hybridized carbons (Fsp3) is 0.812. The number of unbranched alkanes of at least 4 members (excludes halogenated alkanes) is 4. The molecule has 1 aliphatic heterocycles. The van der Waals surface area contributed by atoms with Crippen molar-refractivity contribution in [3.63, 3.8) is 0 Å². The Kier molecular flexibility index (Phi) is 5.61. The SMILES string of the molecule is CCCCCCCC(=O)OC12C=CC(O)CC1OCC2. The van der Waals surface area contributed by atoms with E-state index in [1.807, 2.05) is 6.08 Å². The van der Waals surface area contributed by atoms with Gasteiger partial charge < -0.3 is 14.6 Å². The van der Waals surface area contributed by atoms with Gasteiger partial charge >= 0.3 is 5.97 Å². The van der Waals surface area contributed by atoms with Crippen LogP contribution in [0.2, 0.25) is 0 Å². The van der Waals surface area contributed by atoms with Gasteiger partial charge in [0.15, 0.2) is 5.60 Å². The summed E-state index contributed by atoms with van der Waals surface area (Å²) < 4.78 is 11.3. The largest absolute Gasteiger partial charge is 0.452 e. The molecular weight excluding hydrogens is 256 g/mol.